The summed E-state index contributed by atoms with van der Waals surface area (Å²) in [6.45, 7) is 5.32. The number of methoxy groups -OCH3 is 1. The molecule has 0 heterocycles. The van der Waals surface area contributed by atoms with Gasteiger partial charge in [0.2, 0.25) is 0 Å². The Balaban J connectivity index is 2.66. The molecule has 0 aromatic carbocycles. The van der Waals surface area contributed by atoms with Crippen molar-refractivity contribution < 1.29 is 9.53 Å². The van der Waals surface area contributed by atoms with E-state index >= 15 is 0 Å². The van der Waals surface area contributed by atoms with Gasteiger partial charge in [-0.25, -0.2) is 0 Å². The number of carbonyl (C=O) groups excluding carboxylic acids is 1. The number of nitrogens with zero attached hydrogens (tertiary/aromatic N) is 2. The van der Waals surface area contributed by atoms with Crippen LogP contribution in [0, 0.1) is 23.2 Å². The highest BCUT2D eigenvalue weighted by atomic mass is 16.5. The standard InChI is InChI=1S/C12H20N2O2/c1-4-14(8-9(2)7-13)11(10-5-6-10)12(15)16-3/h9-11H,4-6,8H2,1-3H3. The highest BCUT2D eigenvalue weighted by Crippen LogP contribution is 2.36. The Morgan fingerprint density at radius 3 is 2.62 bits per heavy atom. The molecule has 0 aliphatic heterocycles. The van der Waals surface area contributed by atoms with E-state index in [0.29, 0.717) is 12.5 Å². The maximum Gasteiger partial charge on any atom is 0.323 e. The normalized spacial score (nSPS) is 18.9. The van der Waals surface area contributed by atoms with Crippen molar-refractivity contribution >= 4 is 5.97 Å². The van der Waals surface area contributed by atoms with Gasteiger partial charge in [-0.15, -0.1) is 0 Å². The highest BCUT2D eigenvalue weighted by Gasteiger charge is 2.40. The van der Waals surface area contributed by atoms with Crippen molar-refractivity contribution in [2.24, 2.45) is 11.8 Å². The number of carbonyl (C=O) groups is 1. The van der Waals surface area contributed by atoms with Crippen LogP contribution in [0.1, 0.15) is 26.7 Å². The summed E-state index contributed by atoms with van der Waals surface area (Å²) in [6.07, 6.45) is 2.19. The minimum atomic E-state index is -0.158. The molecule has 2 unspecified atom stereocenters. The number of rotatable bonds is 6. The van der Waals surface area contributed by atoms with Crippen molar-refractivity contribution in [3.8, 4) is 6.07 Å². The summed E-state index contributed by atoms with van der Waals surface area (Å²) in [5.74, 6) is 0.221. The minimum absolute atomic E-state index is 0.0501. The zero-order valence-electron chi connectivity index (χ0n) is 10.3. The van der Waals surface area contributed by atoms with Gasteiger partial charge in [0.15, 0.2) is 0 Å². The first-order valence-corrected chi connectivity index (χ1v) is 5.85. The van der Waals surface area contributed by atoms with E-state index in [9.17, 15) is 4.79 Å². The number of nitriles is 1. The molecular weight excluding hydrogens is 204 g/mol. The van der Waals surface area contributed by atoms with Gasteiger partial charge in [0.05, 0.1) is 19.1 Å². The summed E-state index contributed by atoms with van der Waals surface area (Å²) in [4.78, 5) is 13.8. The predicted octanol–water partition coefficient (Wildman–Crippen LogP) is 1.42. The number of ether oxygens (including phenoxy) is 1. The quantitative estimate of drug-likeness (QED) is 0.640. The lowest BCUT2D eigenvalue weighted by Crippen LogP contribution is -2.45. The molecule has 1 rings (SSSR count). The second kappa shape index (κ2) is 5.86. The van der Waals surface area contributed by atoms with Gasteiger partial charge in [-0.3, -0.25) is 9.69 Å². The minimum Gasteiger partial charge on any atom is -0.468 e. The van der Waals surface area contributed by atoms with E-state index in [4.69, 9.17) is 10.00 Å². The van der Waals surface area contributed by atoms with E-state index in [0.717, 1.165) is 19.4 Å². The maximum absolute atomic E-state index is 11.7. The lowest BCUT2D eigenvalue weighted by molar-refractivity contribution is -0.148. The first-order chi connectivity index (χ1) is 7.63. The average Bonchev–Trinajstić information content (AvgIpc) is 3.11. The molecule has 0 bridgehead atoms. The topological polar surface area (TPSA) is 53.3 Å². The van der Waals surface area contributed by atoms with Crippen LogP contribution in [0.15, 0.2) is 0 Å². The summed E-state index contributed by atoms with van der Waals surface area (Å²) in [5.41, 5.74) is 0. The molecule has 1 aliphatic carbocycles. The zero-order valence-corrected chi connectivity index (χ0v) is 10.3. The number of likely N-dealkylation sites (N-methyl/N-ethyl adjacent to an activating group) is 1. The van der Waals surface area contributed by atoms with Crippen LogP contribution in [0.3, 0.4) is 0 Å². The molecule has 1 saturated carbocycles. The summed E-state index contributed by atoms with van der Waals surface area (Å²) >= 11 is 0. The Bertz CT molecular complexity index is 281. The van der Waals surface area contributed by atoms with Crippen LogP contribution in [0.5, 0.6) is 0 Å². The molecule has 0 amide bonds. The van der Waals surface area contributed by atoms with E-state index < -0.39 is 0 Å². The lowest BCUT2D eigenvalue weighted by Gasteiger charge is -2.29. The molecule has 0 aromatic rings. The molecule has 0 saturated heterocycles. The summed E-state index contributed by atoms with van der Waals surface area (Å²) in [5, 5.41) is 8.82. The van der Waals surface area contributed by atoms with Gasteiger partial charge in [0, 0.05) is 6.54 Å². The Kier molecular flexibility index (Phi) is 4.75. The summed E-state index contributed by atoms with van der Waals surface area (Å²) < 4.78 is 4.85. The first kappa shape index (κ1) is 13.0. The van der Waals surface area contributed by atoms with Crippen LogP contribution in [-0.2, 0) is 9.53 Å². The molecule has 1 aliphatic rings. The van der Waals surface area contributed by atoms with Crippen LogP contribution in [0.4, 0.5) is 0 Å². The van der Waals surface area contributed by atoms with Gasteiger partial charge in [0.25, 0.3) is 0 Å². The highest BCUT2D eigenvalue weighted by molar-refractivity contribution is 5.76. The van der Waals surface area contributed by atoms with E-state index in [1.54, 1.807) is 0 Å². The van der Waals surface area contributed by atoms with Crippen LogP contribution in [0.25, 0.3) is 0 Å². The van der Waals surface area contributed by atoms with Crippen molar-refractivity contribution in [3.63, 3.8) is 0 Å². The Morgan fingerprint density at radius 2 is 2.25 bits per heavy atom. The molecule has 0 spiro atoms. The van der Waals surface area contributed by atoms with Gasteiger partial charge >= 0.3 is 5.97 Å². The van der Waals surface area contributed by atoms with Gasteiger partial charge in [-0.2, -0.15) is 5.26 Å². The fraction of sp³-hybridized carbons (Fsp3) is 0.833. The third-order valence-electron chi connectivity index (χ3n) is 3.04. The Labute approximate surface area is 97.2 Å². The van der Waals surface area contributed by atoms with Crippen LogP contribution >= 0.6 is 0 Å². The van der Waals surface area contributed by atoms with Gasteiger partial charge < -0.3 is 4.74 Å². The third kappa shape index (κ3) is 3.21. The van der Waals surface area contributed by atoms with E-state index in [1.165, 1.54) is 7.11 Å². The van der Waals surface area contributed by atoms with Gasteiger partial charge in [0.1, 0.15) is 6.04 Å². The van der Waals surface area contributed by atoms with E-state index in [1.807, 2.05) is 13.8 Å². The second-order valence-electron chi connectivity index (χ2n) is 4.42. The van der Waals surface area contributed by atoms with Crippen molar-refractivity contribution in [1.82, 2.24) is 4.90 Å². The first-order valence-electron chi connectivity index (χ1n) is 5.85. The summed E-state index contributed by atoms with van der Waals surface area (Å²) in [6, 6.07) is 2.06. The molecular formula is C12H20N2O2. The number of hydrogen-bond donors (Lipinski definition) is 0. The van der Waals surface area contributed by atoms with Gasteiger partial charge in [-0.05, 0) is 32.2 Å². The molecule has 90 valence electrons. The monoisotopic (exact) mass is 224 g/mol. The largest absolute Gasteiger partial charge is 0.468 e. The SMILES string of the molecule is CCN(CC(C)C#N)C(C(=O)OC)C1CC1. The van der Waals surface area contributed by atoms with E-state index in [-0.39, 0.29) is 17.9 Å². The second-order valence-corrected chi connectivity index (χ2v) is 4.42. The molecule has 0 N–H and O–H groups in total. The van der Waals surface area contributed by atoms with Crippen molar-refractivity contribution in [3.05, 3.63) is 0 Å². The smallest absolute Gasteiger partial charge is 0.323 e. The maximum atomic E-state index is 11.7. The van der Waals surface area contributed by atoms with Crippen LogP contribution in [0.2, 0.25) is 0 Å². The predicted molar refractivity (Wildman–Crippen MR) is 60.6 cm³/mol. The van der Waals surface area contributed by atoms with Gasteiger partial charge in [-0.1, -0.05) is 6.92 Å². The molecule has 16 heavy (non-hydrogen) atoms. The third-order valence-corrected chi connectivity index (χ3v) is 3.04. The fourth-order valence-corrected chi connectivity index (χ4v) is 2.00. The van der Waals surface area contributed by atoms with Crippen LogP contribution < -0.4 is 0 Å². The number of hydrogen-bond acceptors (Lipinski definition) is 4. The van der Waals surface area contributed by atoms with Crippen molar-refractivity contribution in [1.29, 1.82) is 5.26 Å². The molecule has 0 radical (unpaired) electrons. The fourth-order valence-electron chi connectivity index (χ4n) is 2.00. The molecule has 0 aromatic heterocycles. The molecule has 4 nitrogen and oxygen atoms in total. The van der Waals surface area contributed by atoms with Crippen molar-refractivity contribution in [2.75, 3.05) is 20.2 Å². The Morgan fingerprint density at radius 1 is 1.62 bits per heavy atom. The number of esters is 1. The summed E-state index contributed by atoms with van der Waals surface area (Å²) in [7, 11) is 1.43. The lowest BCUT2D eigenvalue weighted by atomic mass is 10.1. The van der Waals surface area contributed by atoms with E-state index in [2.05, 4.69) is 11.0 Å². The van der Waals surface area contributed by atoms with Crippen molar-refractivity contribution in [2.45, 2.75) is 32.7 Å². The Hall–Kier alpha value is -1.08. The molecule has 2 atom stereocenters. The average molecular weight is 224 g/mol. The zero-order chi connectivity index (χ0) is 12.1. The molecule has 4 heteroatoms. The molecule has 1 fully saturated rings. The van der Waals surface area contributed by atoms with Crippen LogP contribution in [-0.4, -0.2) is 37.1 Å².